The molecule has 2 saturated carbocycles. The van der Waals surface area contributed by atoms with E-state index in [2.05, 4.69) is 10.1 Å². The van der Waals surface area contributed by atoms with E-state index in [1.807, 2.05) is 0 Å². The van der Waals surface area contributed by atoms with Crippen LogP contribution in [0.4, 0.5) is 13.2 Å². The van der Waals surface area contributed by atoms with Crippen molar-refractivity contribution in [2.45, 2.75) is 74.4 Å². The summed E-state index contributed by atoms with van der Waals surface area (Å²) in [6, 6.07) is 5.22. The van der Waals surface area contributed by atoms with Gasteiger partial charge in [-0.3, -0.25) is 4.79 Å². The molecule has 5 rings (SSSR count). The minimum Gasteiger partial charge on any atom is -0.340 e. The van der Waals surface area contributed by atoms with Gasteiger partial charge in [-0.1, -0.05) is 30.1 Å². The predicted molar refractivity (Wildman–Crippen MR) is 110 cm³/mol. The van der Waals surface area contributed by atoms with Gasteiger partial charge in [0.25, 0.3) is 0 Å². The molecule has 3 fully saturated rings. The average Bonchev–Trinajstić information content (AvgIpc) is 3.33. The molecular weight excluding hydrogens is 421 g/mol. The second-order valence-electron chi connectivity index (χ2n) is 9.59. The lowest BCUT2D eigenvalue weighted by molar-refractivity contribution is -0.138. The zero-order chi connectivity index (χ0) is 22.5. The number of carbonyl (C=O) groups is 1. The van der Waals surface area contributed by atoms with Crippen molar-refractivity contribution in [2.75, 3.05) is 13.1 Å². The molecule has 172 valence electrons. The van der Waals surface area contributed by atoms with E-state index in [-0.39, 0.29) is 17.7 Å². The molecule has 1 amide bonds. The highest BCUT2D eigenvalue weighted by Crippen LogP contribution is 2.41. The first kappa shape index (κ1) is 21.4. The van der Waals surface area contributed by atoms with Crippen LogP contribution in [0.3, 0.4) is 0 Å². The van der Waals surface area contributed by atoms with Crippen molar-refractivity contribution in [1.29, 1.82) is 0 Å². The minimum absolute atomic E-state index is 0.0847. The van der Waals surface area contributed by atoms with Crippen molar-refractivity contribution >= 4 is 5.91 Å². The van der Waals surface area contributed by atoms with E-state index in [9.17, 15) is 18.0 Å². The number of carbonyl (C=O) groups excluding carboxylic acids is 1. The van der Waals surface area contributed by atoms with Crippen LogP contribution in [-0.4, -0.2) is 39.6 Å². The van der Waals surface area contributed by atoms with Crippen molar-refractivity contribution in [3.05, 3.63) is 47.1 Å². The SMILES string of the molecule is NC1(C(=O)N2CC(c3ccc(C(F)(F)F)cc3)CC(c3nc(C4CC4)no3)C2)CCCC1. The Morgan fingerprint density at radius 1 is 1.06 bits per heavy atom. The molecule has 9 heteroatoms. The maximum atomic E-state index is 13.4. The van der Waals surface area contributed by atoms with Gasteiger partial charge in [-0.05, 0) is 49.8 Å². The van der Waals surface area contributed by atoms with E-state index in [1.165, 1.54) is 12.1 Å². The van der Waals surface area contributed by atoms with Crippen molar-refractivity contribution in [3.8, 4) is 0 Å². The number of nitrogens with two attached hydrogens (primary N) is 1. The summed E-state index contributed by atoms with van der Waals surface area (Å²) in [5, 5.41) is 4.11. The van der Waals surface area contributed by atoms with Crippen molar-refractivity contribution in [1.82, 2.24) is 15.0 Å². The van der Waals surface area contributed by atoms with Crippen LogP contribution >= 0.6 is 0 Å². The third-order valence-electron chi connectivity index (χ3n) is 7.12. The maximum absolute atomic E-state index is 13.4. The summed E-state index contributed by atoms with van der Waals surface area (Å²) in [5.41, 5.74) is 5.68. The van der Waals surface area contributed by atoms with E-state index in [1.54, 1.807) is 4.90 Å². The van der Waals surface area contributed by atoms with Crippen molar-refractivity contribution in [2.24, 2.45) is 5.73 Å². The summed E-state index contributed by atoms with van der Waals surface area (Å²) in [6.07, 6.45) is 1.52. The Kier molecular flexibility index (Phi) is 5.27. The van der Waals surface area contributed by atoms with Gasteiger partial charge < -0.3 is 15.2 Å². The highest BCUT2D eigenvalue weighted by atomic mass is 19.4. The number of aromatic nitrogens is 2. The van der Waals surface area contributed by atoms with E-state index in [0.29, 0.717) is 50.0 Å². The number of likely N-dealkylation sites (tertiary alicyclic amines) is 1. The van der Waals surface area contributed by atoms with Crippen LogP contribution in [0.25, 0.3) is 0 Å². The van der Waals surface area contributed by atoms with Crippen LogP contribution < -0.4 is 5.73 Å². The molecule has 2 aromatic rings. The Morgan fingerprint density at radius 2 is 1.72 bits per heavy atom. The van der Waals surface area contributed by atoms with Gasteiger partial charge in [0.2, 0.25) is 11.8 Å². The quantitative estimate of drug-likeness (QED) is 0.752. The first-order valence-electron chi connectivity index (χ1n) is 11.3. The third-order valence-corrected chi connectivity index (χ3v) is 7.12. The third kappa shape index (κ3) is 4.14. The van der Waals surface area contributed by atoms with Crippen LogP contribution in [0, 0.1) is 0 Å². The van der Waals surface area contributed by atoms with Crippen LogP contribution in [0.2, 0.25) is 0 Å². The fraction of sp³-hybridized carbons (Fsp3) is 0.609. The number of rotatable bonds is 4. The predicted octanol–water partition coefficient (Wildman–Crippen LogP) is 4.34. The zero-order valence-electron chi connectivity index (χ0n) is 17.8. The smallest absolute Gasteiger partial charge is 0.340 e. The minimum atomic E-state index is -4.38. The first-order chi connectivity index (χ1) is 15.2. The summed E-state index contributed by atoms with van der Waals surface area (Å²) in [7, 11) is 0. The van der Waals surface area contributed by atoms with Crippen LogP contribution in [0.5, 0.6) is 0 Å². The molecule has 1 aliphatic heterocycles. The Hall–Kier alpha value is -2.42. The van der Waals surface area contributed by atoms with Gasteiger partial charge in [-0.15, -0.1) is 0 Å². The molecule has 3 aliphatic rings. The van der Waals surface area contributed by atoms with Crippen LogP contribution in [0.1, 0.15) is 85.5 Å². The number of nitrogens with zero attached hydrogens (tertiary/aromatic N) is 3. The molecule has 0 bridgehead atoms. The van der Waals surface area contributed by atoms with Gasteiger partial charge in [0, 0.05) is 24.9 Å². The van der Waals surface area contributed by atoms with Gasteiger partial charge in [0.1, 0.15) is 0 Å². The molecule has 0 radical (unpaired) electrons. The van der Waals surface area contributed by atoms with Crippen molar-refractivity contribution in [3.63, 3.8) is 0 Å². The number of amides is 1. The molecule has 2 heterocycles. The highest BCUT2D eigenvalue weighted by Gasteiger charge is 2.44. The summed E-state index contributed by atoms with van der Waals surface area (Å²) < 4.78 is 44.6. The maximum Gasteiger partial charge on any atom is 0.416 e. The van der Waals surface area contributed by atoms with E-state index >= 15 is 0 Å². The number of benzene rings is 1. The lowest BCUT2D eigenvalue weighted by Gasteiger charge is -2.40. The average molecular weight is 448 g/mol. The fourth-order valence-electron chi connectivity index (χ4n) is 5.08. The molecular formula is C23H27F3N4O2. The number of hydrogen-bond donors (Lipinski definition) is 1. The van der Waals surface area contributed by atoms with Gasteiger partial charge in [-0.2, -0.15) is 18.2 Å². The largest absolute Gasteiger partial charge is 0.416 e. The normalized spacial score (nSPS) is 25.8. The van der Waals surface area contributed by atoms with Crippen LogP contribution in [-0.2, 0) is 11.0 Å². The Bertz CT molecular complexity index is 978. The molecule has 2 unspecified atom stereocenters. The Balaban J connectivity index is 1.42. The lowest BCUT2D eigenvalue weighted by Crippen LogP contribution is -2.56. The van der Waals surface area contributed by atoms with Gasteiger partial charge in [0.15, 0.2) is 5.82 Å². The summed E-state index contributed by atoms with van der Waals surface area (Å²) in [5.74, 6) is 1.16. The topological polar surface area (TPSA) is 85.3 Å². The molecule has 1 aromatic heterocycles. The Labute approximate surface area is 184 Å². The highest BCUT2D eigenvalue weighted by molar-refractivity contribution is 5.86. The molecule has 6 nitrogen and oxygen atoms in total. The molecule has 1 saturated heterocycles. The summed E-state index contributed by atoms with van der Waals surface area (Å²) in [6.45, 7) is 0.852. The number of hydrogen-bond acceptors (Lipinski definition) is 5. The summed E-state index contributed by atoms with van der Waals surface area (Å²) in [4.78, 5) is 19.7. The fourth-order valence-corrected chi connectivity index (χ4v) is 5.08. The second kappa shape index (κ2) is 7.86. The van der Waals surface area contributed by atoms with Gasteiger partial charge >= 0.3 is 6.18 Å². The van der Waals surface area contributed by atoms with Gasteiger partial charge in [0.05, 0.1) is 17.0 Å². The lowest BCUT2D eigenvalue weighted by atomic mass is 9.83. The standard InChI is InChI=1S/C23H27F3N4O2/c24-23(25,26)18-7-5-14(6-8-18)16-11-17(20-28-19(29-32-20)15-3-4-15)13-30(12-16)21(31)22(27)9-1-2-10-22/h5-8,15-17H,1-4,9-13,27H2. The molecule has 2 aliphatic carbocycles. The van der Waals surface area contributed by atoms with Crippen molar-refractivity contribution < 1.29 is 22.5 Å². The Morgan fingerprint density at radius 3 is 2.34 bits per heavy atom. The van der Waals surface area contributed by atoms with Gasteiger partial charge in [-0.25, -0.2) is 0 Å². The zero-order valence-corrected chi connectivity index (χ0v) is 17.8. The van der Waals surface area contributed by atoms with E-state index < -0.39 is 17.3 Å². The number of piperidine rings is 1. The number of alkyl halides is 3. The molecule has 1 aromatic carbocycles. The number of halogens is 3. The van der Waals surface area contributed by atoms with Crippen LogP contribution in [0.15, 0.2) is 28.8 Å². The monoisotopic (exact) mass is 448 g/mol. The van der Waals surface area contributed by atoms with E-state index in [0.717, 1.165) is 43.4 Å². The molecule has 0 spiro atoms. The summed E-state index contributed by atoms with van der Waals surface area (Å²) >= 11 is 0. The van der Waals surface area contributed by atoms with E-state index in [4.69, 9.17) is 10.3 Å². The molecule has 2 atom stereocenters. The second-order valence-corrected chi connectivity index (χ2v) is 9.59. The first-order valence-corrected chi connectivity index (χ1v) is 11.3. The molecule has 2 N–H and O–H groups in total. The molecule has 32 heavy (non-hydrogen) atoms.